The second kappa shape index (κ2) is 2.05. The maximum Gasteiger partial charge on any atom is 0.169 e. The van der Waals surface area contributed by atoms with Crippen molar-refractivity contribution >= 4 is 0 Å². The number of nitrogens with two attached hydrogens (primary N) is 1. The van der Waals surface area contributed by atoms with Gasteiger partial charge in [0.05, 0.1) is 5.54 Å². The Bertz CT molecular complexity index is 220. The minimum Gasteiger partial charge on any atom is -0.319 e. The molecule has 1 heterocycles. The average molecular weight is 140 g/mol. The van der Waals surface area contributed by atoms with E-state index in [1.54, 1.807) is 11.0 Å². The van der Waals surface area contributed by atoms with Gasteiger partial charge < -0.3 is 5.73 Å². The molecular weight excluding hydrogens is 128 g/mol. The van der Waals surface area contributed by atoms with Crippen LogP contribution in [-0.2, 0) is 12.6 Å². The number of hydrogen-bond donors (Lipinski definition) is 1. The first-order chi connectivity index (χ1) is 4.50. The lowest BCUT2D eigenvalue weighted by Gasteiger charge is -2.12. The van der Waals surface area contributed by atoms with Crippen LogP contribution in [0.15, 0.2) is 6.33 Å². The molecule has 0 aliphatic carbocycles. The molecule has 0 aliphatic rings. The van der Waals surface area contributed by atoms with Crippen LogP contribution in [0.2, 0.25) is 0 Å². The fourth-order valence-corrected chi connectivity index (χ4v) is 0.635. The summed E-state index contributed by atoms with van der Waals surface area (Å²) in [6, 6.07) is 0. The first-order valence-corrected chi connectivity index (χ1v) is 3.15. The number of aromatic nitrogens is 3. The normalized spacial score (nSPS) is 12.0. The van der Waals surface area contributed by atoms with E-state index in [1.807, 2.05) is 20.9 Å². The van der Waals surface area contributed by atoms with Crippen LogP contribution in [0.5, 0.6) is 0 Å². The fraction of sp³-hybridized carbons (Fsp3) is 0.667. The van der Waals surface area contributed by atoms with Crippen LogP contribution in [-0.4, -0.2) is 14.8 Å². The Hall–Kier alpha value is -0.900. The molecule has 0 saturated carbocycles. The zero-order chi connectivity index (χ0) is 7.78. The van der Waals surface area contributed by atoms with Gasteiger partial charge in [-0.05, 0) is 13.8 Å². The molecule has 4 nitrogen and oxygen atoms in total. The van der Waals surface area contributed by atoms with E-state index in [2.05, 4.69) is 10.1 Å². The first-order valence-electron chi connectivity index (χ1n) is 3.15. The highest BCUT2D eigenvalue weighted by Crippen LogP contribution is 2.09. The van der Waals surface area contributed by atoms with Crippen molar-refractivity contribution in [3.63, 3.8) is 0 Å². The third kappa shape index (κ3) is 1.33. The molecule has 1 aromatic rings. The van der Waals surface area contributed by atoms with Gasteiger partial charge in [-0.1, -0.05) is 0 Å². The molecule has 0 saturated heterocycles. The molecule has 0 aromatic carbocycles. The third-order valence-electron chi connectivity index (χ3n) is 1.18. The summed E-state index contributed by atoms with van der Waals surface area (Å²) in [4.78, 5) is 4.01. The lowest BCUT2D eigenvalue weighted by atomic mass is 10.1. The topological polar surface area (TPSA) is 56.7 Å². The zero-order valence-electron chi connectivity index (χ0n) is 6.50. The molecule has 56 valence electrons. The maximum atomic E-state index is 5.73. The molecule has 0 fully saturated rings. The summed E-state index contributed by atoms with van der Waals surface area (Å²) >= 11 is 0. The Morgan fingerprint density at radius 2 is 2.20 bits per heavy atom. The number of aryl methyl sites for hydroxylation is 1. The molecule has 0 atom stereocenters. The van der Waals surface area contributed by atoms with Gasteiger partial charge in [0, 0.05) is 7.05 Å². The van der Waals surface area contributed by atoms with Crippen molar-refractivity contribution in [2.45, 2.75) is 19.4 Å². The largest absolute Gasteiger partial charge is 0.319 e. The monoisotopic (exact) mass is 140 g/mol. The van der Waals surface area contributed by atoms with E-state index in [1.165, 1.54) is 0 Å². The van der Waals surface area contributed by atoms with Gasteiger partial charge in [-0.3, -0.25) is 4.68 Å². The van der Waals surface area contributed by atoms with Crippen LogP contribution in [0, 0.1) is 0 Å². The summed E-state index contributed by atoms with van der Waals surface area (Å²) in [6.07, 6.45) is 1.64. The van der Waals surface area contributed by atoms with Gasteiger partial charge in [0.1, 0.15) is 6.33 Å². The zero-order valence-corrected chi connectivity index (χ0v) is 6.50. The summed E-state index contributed by atoms with van der Waals surface area (Å²) in [5.74, 6) is 0.676. The maximum absolute atomic E-state index is 5.73. The van der Waals surface area contributed by atoms with Crippen molar-refractivity contribution in [2.75, 3.05) is 0 Å². The van der Waals surface area contributed by atoms with Gasteiger partial charge in [0.2, 0.25) is 0 Å². The van der Waals surface area contributed by atoms with Crippen molar-refractivity contribution in [3.05, 3.63) is 12.2 Å². The van der Waals surface area contributed by atoms with Gasteiger partial charge in [-0.25, -0.2) is 4.98 Å². The molecule has 2 N–H and O–H groups in total. The second-order valence-electron chi connectivity index (χ2n) is 2.96. The fourth-order valence-electron chi connectivity index (χ4n) is 0.635. The van der Waals surface area contributed by atoms with Crippen molar-refractivity contribution in [2.24, 2.45) is 12.8 Å². The molecule has 0 amide bonds. The summed E-state index contributed by atoms with van der Waals surface area (Å²) in [7, 11) is 1.82. The minimum absolute atomic E-state index is 0.429. The second-order valence-corrected chi connectivity index (χ2v) is 2.96. The Morgan fingerprint density at radius 3 is 2.40 bits per heavy atom. The summed E-state index contributed by atoms with van der Waals surface area (Å²) in [5.41, 5.74) is 5.30. The van der Waals surface area contributed by atoms with Crippen LogP contribution < -0.4 is 5.73 Å². The molecule has 0 spiro atoms. The lowest BCUT2D eigenvalue weighted by molar-refractivity contribution is 0.509. The van der Waals surface area contributed by atoms with Gasteiger partial charge in [-0.15, -0.1) is 0 Å². The van der Waals surface area contributed by atoms with E-state index in [4.69, 9.17) is 5.73 Å². The van der Waals surface area contributed by atoms with Crippen LogP contribution in [0.25, 0.3) is 0 Å². The Morgan fingerprint density at radius 1 is 1.60 bits per heavy atom. The summed E-state index contributed by atoms with van der Waals surface area (Å²) in [6.45, 7) is 3.75. The highest BCUT2D eigenvalue weighted by atomic mass is 15.3. The lowest BCUT2D eigenvalue weighted by Crippen LogP contribution is -2.30. The average Bonchev–Trinajstić information content (AvgIpc) is 2.11. The van der Waals surface area contributed by atoms with E-state index in [-0.39, 0.29) is 0 Å². The summed E-state index contributed by atoms with van der Waals surface area (Å²) in [5, 5.41) is 4.06. The van der Waals surface area contributed by atoms with Crippen molar-refractivity contribution in [1.29, 1.82) is 0 Å². The van der Waals surface area contributed by atoms with Crippen LogP contribution in [0.1, 0.15) is 19.7 Å². The van der Waals surface area contributed by atoms with E-state index in [9.17, 15) is 0 Å². The quantitative estimate of drug-likeness (QED) is 0.597. The molecule has 0 unspecified atom stereocenters. The van der Waals surface area contributed by atoms with Gasteiger partial charge in [-0.2, -0.15) is 5.10 Å². The molecular formula is C6H12N4. The standard InChI is InChI=1S/C6H12N4/c1-6(2,7)5-8-4-10(3)9-5/h4H,7H2,1-3H3. The smallest absolute Gasteiger partial charge is 0.169 e. The highest BCUT2D eigenvalue weighted by molar-refractivity contribution is 4.96. The van der Waals surface area contributed by atoms with E-state index in [0.29, 0.717) is 5.82 Å². The predicted octanol–water partition coefficient (Wildman–Crippen LogP) is 0.00890. The Balaban J connectivity index is 2.96. The Labute approximate surface area is 60.1 Å². The van der Waals surface area contributed by atoms with Gasteiger partial charge in [0.25, 0.3) is 0 Å². The summed E-state index contributed by atoms with van der Waals surface area (Å²) < 4.78 is 1.64. The van der Waals surface area contributed by atoms with Crippen molar-refractivity contribution in [3.8, 4) is 0 Å². The molecule has 0 aliphatic heterocycles. The van der Waals surface area contributed by atoms with Crippen molar-refractivity contribution < 1.29 is 0 Å². The van der Waals surface area contributed by atoms with Gasteiger partial charge in [0.15, 0.2) is 5.82 Å². The van der Waals surface area contributed by atoms with E-state index in [0.717, 1.165) is 0 Å². The molecule has 0 radical (unpaired) electrons. The molecule has 4 heteroatoms. The number of rotatable bonds is 1. The predicted molar refractivity (Wildman–Crippen MR) is 38.2 cm³/mol. The van der Waals surface area contributed by atoms with Crippen LogP contribution in [0.4, 0.5) is 0 Å². The molecule has 1 aromatic heterocycles. The SMILES string of the molecule is Cn1cnc(C(C)(C)N)n1. The molecule has 0 bridgehead atoms. The first kappa shape index (κ1) is 7.21. The molecule has 1 rings (SSSR count). The van der Waals surface area contributed by atoms with E-state index >= 15 is 0 Å². The van der Waals surface area contributed by atoms with Crippen molar-refractivity contribution in [1.82, 2.24) is 14.8 Å². The highest BCUT2D eigenvalue weighted by Gasteiger charge is 2.18. The van der Waals surface area contributed by atoms with Crippen LogP contribution >= 0.6 is 0 Å². The third-order valence-corrected chi connectivity index (χ3v) is 1.18. The van der Waals surface area contributed by atoms with E-state index < -0.39 is 5.54 Å². The minimum atomic E-state index is -0.429. The number of hydrogen-bond acceptors (Lipinski definition) is 3. The van der Waals surface area contributed by atoms with Gasteiger partial charge >= 0.3 is 0 Å². The van der Waals surface area contributed by atoms with Crippen LogP contribution in [0.3, 0.4) is 0 Å². The molecule has 10 heavy (non-hydrogen) atoms. The Kier molecular flexibility index (Phi) is 1.48. The number of nitrogens with zero attached hydrogens (tertiary/aromatic N) is 3.